The number of nitrogens with zero attached hydrogens (tertiary/aromatic N) is 1. The maximum absolute atomic E-state index is 13.4. The topological polar surface area (TPSA) is 79.2 Å². The van der Waals surface area contributed by atoms with Crippen LogP contribution in [0, 0.1) is 17.1 Å². The number of nitriles is 1. The van der Waals surface area contributed by atoms with E-state index < -0.39 is 37.3 Å². The Morgan fingerprint density at radius 2 is 1.88 bits per heavy atom. The molecule has 0 radical (unpaired) electrons. The van der Waals surface area contributed by atoms with Crippen LogP contribution in [-0.2, 0) is 9.84 Å². The van der Waals surface area contributed by atoms with Crippen LogP contribution in [0.4, 0.5) is 23.2 Å². The lowest BCUT2D eigenvalue weighted by atomic mass is 10.1. The maximum atomic E-state index is 13.4. The average Bonchev–Trinajstić information content (AvgIpc) is 2.51. The summed E-state index contributed by atoms with van der Waals surface area (Å²) in [4.78, 5) is -1.13. The molecule has 0 saturated carbocycles. The van der Waals surface area contributed by atoms with Crippen molar-refractivity contribution in [2.24, 2.45) is 0 Å². The number of halogens is 5. The molecule has 0 aliphatic rings. The third-order valence-electron chi connectivity index (χ3n) is 3.15. The second-order valence-corrected chi connectivity index (χ2v) is 7.18. The molecule has 0 aliphatic heterocycles. The predicted octanol–water partition coefficient (Wildman–Crippen LogP) is 4.48. The van der Waals surface area contributed by atoms with Gasteiger partial charge in [0.2, 0.25) is 0 Å². The number of benzene rings is 2. The molecule has 0 bridgehead atoms. The van der Waals surface area contributed by atoms with Gasteiger partial charge in [-0.1, -0.05) is 11.6 Å². The molecule has 2 aromatic carbocycles. The molecule has 0 unspecified atom stereocenters. The van der Waals surface area contributed by atoms with E-state index in [1.165, 1.54) is 6.07 Å². The fraction of sp³-hybridized carbons (Fsp3) is 0.133. The van der Waals surface area contributed by atoms with Crippen molar-refractivity contribution in [3.05, 3.63) is 46.7 Å². The molecule has 0 saturated heterocycles. The van der Waals surface area contributed by atoms with Crippen molar-refractivity contribution in [3.63, 3.8) is 0 Å². The zero-order valence-electron chi connectivity index (χ0n) is 12.9. The number of nitrogens with one attached hydrogen (secondary N) is 1. The van der Waals surface area contributed by atoms with E-state index >= 15 is 0 Å². The molecule has 2 aromatic rings. The summed E-state index contributed by atoms with van der Waals surface area (Å²) in [6.45, 7) is 0. The number of ether oxygens (including phenoxy) is 1. The zero-order chi connectivity index (χ0) is 19.7. The van der Waals surface area contributed by atoms with Crippen LogP contribution in [0.2, 0.25) is 5.02 Å². The van der Waals surface area contributed by atoms with E-state index in [0.717, 1.165) is 25.2 Å². The molecule has 0 spiro atoms. The summed E-state index contributed by atoms with van der Waals surface area (Å²) in [5.41, 5.74) is -6.65. The Labute approximate surface area is 150 Å². The van der Waals surface area contributed by atoms with E-state index in [9.17, 15) is 31.2 Å². The van der Waals surface area contributed by atoms with Crippen LogP contribution in [-0.4, -0.2) is 21.0 Å². The number of anilines is 1. The Morgan fingerprint density at radius 3 is 2.38 bits per heavy atom. The molecule has 2 rings (SSSR count). The largest absolute Gasteiger partial charge is 0.501 e. The van der Waals surface area contributed by atoms with Gasteiger partial charge in [0.25, 0.3) is 9.84 Å². The van der Waals surface area contributed by atoms with Crippen molar-refractivity contribution in [1.29, 1.82) is 5.26 Å². The first kappa shape index (κ1) is 19.8. The van der Waals surface area contributed by atoms with Gasteiger partial charge < -0.3 is 10.1 Å². The monoisotopic (exact) mass is 408 g/mol. The first-order chi connectivity index (χ1) is 12.0. The molecule has 0 fully saturated rings. The number of hydrogen-bond donors (Lipinski definition) is 1. The van der Waals surface area contributed by atoms with E-state index in [1.807, 2.05) is 0 Å². The van der Waals surface area contributed by atoms with Gasteiger partial charge in [-0.15, -0.1) is 0 Å². The highest BCUT2D eigenvalue weighted by Gasteiger charge is 2.48. The molecule has 138 valence electrons. The van der Waals surface area contributed by atoms with Crippen LogP contribution in [0.3, 0.4) is 0 Å². The molecule has 1 N–H and O–H groups in total. The summed E-state index contributed by atoms with van der Waals surface area (Å²) >= 11 is 5.68. The third-order valence-corrected chi connectivity index (χ3v) is 4.90. The summed E-state index contributed by atoms with van der Waals surface area (Å²) in [5, 5.41) is 11.5. The van der Waals surface area contributed by atoms with Gasteiger partial charge in [-0.25, -0.2) is 12.8 Å². The van der Waals surface area contributed by atoms with Crippen LogP contribution >= 0.6 is 11.6 Å². The van der Waals surface area contributed by atoms with Crippen molar-refractivity contribution in [3.8, 4) is 17.6 Å². The molecule has 0 amide bonds. The van der Waals surface area contributed by atoms with Gasteiger partial charge >= 0.3 is 5.51 Å². The quantitative estimate of drug-likeness (QED) is 0.755. The molecule has 26 heavy (non-hydrogen) atoms. The van der Waals surface area contributed by atoms with Crippen molar-refractivity contribution in [1.82, 2.24) is 0 Å². The van der Waals surface area contributed by atoms with Crippen LogP contribution in [0.5, 0.6) is 11.5 Å². The van der Waals surface area contributed by atoms with Crippen molar-refractivity contribution < 1.29 is 30.7 Å². The number of rotatable bonds is 4. The number of sulfone groups is 1. The maximum Gasteiger partial charge on any atom is 0.501 e. The molecule has 0 aromatic heterocycles. The Morgan fingerprint density at radius 1 is 1.23 bits per heavy atom. The van der Waals surface area contributed by atoms with Gasteiger partial charge in [-0.2, -0.15) is 18.4 Å². The van der Waals surface area contributed by atoms with Gasteiger partial charge in [-0.05, 0) is 24.3 Å². The normalized spacial score (nSPS) is 11.7. The second-order valence-electron chi connectivity index (χ2n) is 4.83. The van der Waals surface area contributed by atoms with Gasteiger partial charge in [-0.3, -0.25) is 0 Å². The third kappa shape index (κ3) is 3.68. The smallest absolute Gasteiger partial charge is 0.456 e. The standard InChI is InChI=1S/C15H9ClF4N2O3S/c1-22-14-11(7-21)12(25-10-5-8(16)4-9(17)6-10)2-3-13(14)26(23,24)15(18,19)20/h2-6,22H,1H3. The van der Waals surface area contributed by atoms with Crippen molar-refractivity contribution in [2.75, 3.05) is 12.4 Å². The highest BCUT2D eigenvalue weighted by Crippen LogP contribution is 2.40. The van der Waals surface area contributed by atoms with E-state index in [2.05, 4.69) is 5.32 Å². The molecule has 0 heterocycles. The summed E-state index contributed by atoms with van der Waals surface area (Å²) in [7, 11) is -4.56. The zero-order valence-corrected chi connectivity index (χ0v) is 14.4. The lowest BCUT2D eigenvalue weighted by molar-refractivity contribution is -0.0435. The predicted molar refractivity (Wildman–Crippen MR) is 85.4 cm³/mol. The van der Waals surface area contributed by atoms with Gasteiger partial charge in [0, 0.05) is 18.1 Å². The minimum absolute atomic E-state index is 0.0105. The van der Waals surface area contributed by atoms with Gasteiger partial charge in [0.05, 0.1) is 5.69 Å². The first-order valence-corrected chi connectivity index (χ1v) is 8.57. The van der Waals surface area contributed by atoms with E-state index in [4.69, 9.17) is 16.3 Å². The summed E-state index contributed by atoms with van der Waals surface area (Å²) in [6, 6.07) is 6.25. The van der Waals surface area contributed by atoms with Gasteiger partial charge in [0.15, 0.2) is 0 Å². The van der Waals surface area contributed by atoms with E-state index in [-0.39, 0.29) is 16.5 Å². The van der Waals surface area contributed by atoms with E-state index in [1.54, 1.807) is 6.07 Å². The Hall–Kier alpha value is -2.51. The van der Waals surface area contributed by atoms with Crippen LogP contribution in [0.1, 0.15) is 5.56 Å². The molecular formula is C15H9ClF4N2O3S. The van der Waals surface area contributed by atoms with Crippen LogP contribution in [0.25, 0.3) is 0 Å². The first-order valence-electron chi connectivity index (χ1n) is 6.71. The molecule has 0 aliphatic carbocycles. The summed E-state index contributed by atoms with van der Waals surface area (Å²) in [6.07, 6.45) is 0. The minimum atomic E-state index is -5.71. The fourth-order valence-corrected chi connectivity index (χ4v) is 3.25. The highest BCUT2D eigenvalue weighted by atomic mass is 35.5. The Bertz CT molecular complexity index is 981. The summed E-state index contributed by atoms with van der Waals surface area (Å²) in [5.74, 6) is -1.14. The van der Waals surface area contributed by atoms with E-state index in [0.29, 0.717) is 6.07 Å². The fourth-order valence-electron chi connectivity index (χ4n) is 2.07. The van der Waals surface area contributed by atoms with Crippen LogP contribution in [0.15, 0.2) is 35.2 Å². The van der Waals surface area contributed by atoms with Gasteiger partial charge in [0.1, 0.15) is 33.8 Å². The number of alkyl halides is 3. The lowest BCUT2D eigenvalue weighted by Gasteiger charge is -2.16. The molecular weight excluding hydrogens is 400 g/mol. The Balaban J connectivity index is 2.63. The second kappa shape index (κ2) is 7.01. The van der Waals surface area contributed by atoms with Crippen LogP contribution < -0.4 is 10.1 Å². The molecule has 0 atom stereocenters. The van der Waals surface area contributed by atoms with Crippen molar-refractivity contribution in [2.45, 2.75) is 10.4 Å². The lowest BCUT2D eigenvalue weighted by Crippen LogP contribution is -2.24. The minimum Gasteiger partial charge on any atom is -0.456 e. The average molecular weight is 409 g/mol. The highest BCUT2D eigenvalue weighted by molar-refractivity contribution is 7.92. The molecule has 11 heteroatoms. The SMILES string of the molecule is CNc1c(S(=O)(=O)C(F)(F)F)ccc(Oc2cc(F)cc(Cl)c2)c1C#N. The Kier molecular flexibility index (Phi) is 5.34. The molecule has 5 nitrogen and oxygen atoms in total. The summed E-state index contributed by atoms with van der Waals surface area (Å²) < 4.78 is 80.5. The number of hydrogen-bond acceptors (Lipinski definition) is 5. The van der Waals surface area contributed by atoms with Crippen molar-refractivity contribution >= 4 is 27.1 Å².